The Balaban J connectivity index is 1.96. The fourth-order valence-electron chi connectivity index (χ4n) is 5.52. The number of thioether (sulfide) groups is 1. The molecule has 1 unspecified atom stereocenters. The molecule has 35 heavy (non-hydrogen) atoms. The number of hydrogen-bond acceptors (Lipinski definition) is 6. The van der Waals surface area contributed by atoms with Crippen LogP contribution in [0.25, 0.3) is 0 Å². The SMILES string of the molecule is CNC(=O)[C@H]1N(C(=O)C(CC2CCCC2)[C@H](CN2C(=O)N(C)C(C)(C)C2=O)C(=O)O)CSC1(C)C. The van der Waals surface area contributed by atoms with Crippen LogP contribution in [0.15, 0.2) is 0 Å². The van der Waals surface area contributed by atoms with Crippen LogP contribution in [0, 0.1) is 17.8 Å². The lowest BCUT2D eigenvalue weighted by Crippen LogP contribution is -2.55. The quantitative estimate of drug-likeness (QED) is 0.478. The van der Waals surface area contributed by atoms with Crippen molar-refractivity contribution in [3.8, 4) is 0 Å². The summed E-state index contributed by atoms with van der Waals surface area (Å²) in [5.41, 5.74) is -1.09. The zero-order valence-corrected chi connectivity index (χ0v) is 22.3. The van der Waals surface area contributed by atoms with Gasteiger partial charge in [0.1, 0.15) is 11.6 Å². The maximum Gasteiger partial charge on any atom is 0.327 e. The van der Waals surface area contributed by atoms with Gasteiger partial charge in [0.05, 0.1) is 17.7 Å². The molecule has 2 aliphatic heterocycles. The van der Waals surface area contributed by atoms with Crippen molar-refractivity contribution in [2.45, 2.75) is 76.1 Å². The monoisotopic (exact) mass is 510 g/mol. The summed E-state index contributed by atoms with van der Waals surface area (Å²) in [5.74, 6) is -4.16. The van der Waals surface area contributed by atoms with Crippen LogP contribution < -0.4 is 5.32 Å². The number of imide groups is 1. The first kappa shape index (κ1) is 27.3. The Morgan fingerprint density at radius 3 is 2.20 bits per heavy atom. The Morgan fingerprint density at radius 1 is 1.11 bits per heavy atom. The molecule has 5 amide bonds. The van der Waals surface area contributed by atoms with E-state index in [1.807, 2.05) is 13.8 Å². The molecule has 0 aromatic heterocycles. The molecule has 3 aliphatic rings. The highest BCUT2D eigenvalue weighted by molar-refractivity contribution is 8.00. The summed E-state index contributed by atoms with van der Waals surface area (Å²) in [6.45, 7) is 6.64. The molecule has 2 heterocycles. The van der Waals surface area contributed by atoms with E-state index in [9.17, 15) is 29.1 Å². The summed E-state index contributed by atoms with van der Waals surface area (Å²) in [6, 6.07) is -1.31. The molecule has 0 spiro atoms. The highest BCUT2D eigenvalue weighted by Crippen LogP contribution is 2.42. The van der Waals surface area contributed by atoms with Gasteiger partial charge in [-0.25, -0.2) is 4.79 Å². The Hall–Kier alpha value is -2.30. The molecule has 0 bridgehead atoms. The number of carbonyl (C=O) groups is 5. The van der Waals surface area contributed by atoms with Crippen LogP contribution in [0.1, 0.15) is 59.8 Å². The van der Waals surface area contributed by atoms with E-state index < -0.39 is 52.0 Å². The lowest BCUT2D eigenvalue weighted by molar-refractivity contribution is -0.154. The minimum atomic E-state index is -1.27. The highest BCUT2D eigenvalue weighted by atomic mass is 32.2. The second kappa shape index (κ2) is 9.99. The number of carbonyl (C=O) groups excluding carboxylic acids is 4. The van der Waals surface area contributed by atoms with Gasteiger partial charge in [-0.3, -0.25) is 24.1 Å². The molecule has 196 valence electrons. The second-order valence-electron chi connectivity index (χ2n) is 11.0. The molecule has 2 N–H and O–H groups in total. The van der Waals surface area contributed by atoms with Gasteiger partial charge in [-0.05, 0) is 40.0 Å². The third-order valence-electron chi connectivity index (χ3n) is 8.01. The van der Waals surface area contributed by atoms with Crippen molar-refractivity contribution in [1.29, 1.82) is 0 Å². The normalized spacial score (nSPS) is 25.8. The molecule has 1 aliphatic carbocycles. The number of nitrogens with one attached hydrogen (secondary N) is 1. The van der Waals surface area contributed by atoms with Crippen LogP contribution in [0.5, 0.6) is 0 Å². The Kier molecular flexibility index (Phi) is 7.79. The van der Waals surface area contributed by atoms with Crippen LogP contribution >= 0.6 is 11.8 Å². The lowest BCUT2D eigenvalue weighted by Gasteiger charge is -2.35. The van der Waals surface area contributed by atoms with Crippen LogP contribution in [0.4, 0.5) is 4.79 Å². The molecule has 11 heteroatoms. The van der Waals surface area contributed by atoms with Crippen LogP contribution in [0.3, 0.4) is 0 Å². The van der Waals surface area contributed by atoms with Crippen molar-refractivity contribution in [2.75, 3.05) is 26.5 Å². The van der Waals surface area contributed by atoms with Crippen LogP contribution in [0.2, 0.25) is 0 Å². The van der Waals surface area contributed by atoms with E-state index in [1.165, 1.54) is 35.7 Å². The molecule has 3 rings (SSSR count). The third-order valence-corrected chi connectivity index (χ3v) is 9.38. The molecule has 2 saturated heterocycles. The number of amides is 5. The van der Waals surface area contributed by atoms with Gasteiger partial charge >= 0.3 is 12.0 Å². The van der Waals surface area contributed by atoms with Gasteiger partial charge in [-0.2, -0.15) is 0 Å². The third kappa shape index (κ3) is 5.01. The molecule has 0 radical (unpaired) electrons. The zero-order chi connectivity index (χ0) is 26.3. The molecule has 3 atom stereocenters. The van der Waals surface area contributed by atoms with Crippen LogP contribution in [-0.4, -0.2) is 92.4 Å². The van der Waals surface area contributed by atoms with E-state index in [0.29, 0.717) is 6.42 Å². The predicted octanol–water partition coefficient (Wildman–Crippen LogP) is 1.98. The molecule has 3 fully saturated rings. The molecule has 10 nitrogen and oxygen atoms in total. The number of carboxylic acid groups (broad SMARTS) is 1. The Bertz CT molecular complexity index is 900. The molecule has 0 aromatic carbocycles. The number of urea groups is 1. The fourth-order valence-corrected chi connectivity index (χ4v) is 6.66. The van der Waals surface area contributed by atoms with Crippen LogP contribution in [-0.2, 0) is 19.2 Å². The van der Waals surface area contributed by atoms with Gasteiger partial charge in [-0.15, -0.1) is 11.8 Å². The molecular formula is C24H38N4O6S. The summed E-state index contributed by atoms with van der Waals surface area (Å²) in [4.78, 5) is 68.9. The van der Waals surface area contributed by atoms with Crippen molar-refractivity contribution in [3.63, 3.8) is 0 Å². The van der Waals surface area contributed by atoms with Crippen molar-refractivity contribution in [2.24, 2.45) is 17.8 Å². The summed E-state index contributed by atoms with van der Waals surface area (Å²) in [6.07, 6.45) is 4.23. The topological polar surface area (TPSA) is 127 Å². The molecule has 0 aromatic rings. The molecule has 1 saturated carbocycles. The lowest BCUT2D eigenvalue weighted by atomic mass is 9.81. The number of rotatable bonds is 8. The summed E-state index contributed by atoms with van der Waals surface area (Å²) in [7, 11) is 3.03. The van der Waals surface area contributed by atoms with E-state index >= 15 is 0 Å². The van der Waals surface area contributed by atoms with Gasteiger partial charge in [0, 0.05) is 25.4 Å². The first-order valence-corrected chi connectivity index (χ1v) is 13.2. The first-order valence-electron chi connectivity index (χ1n) is 12.2. The maximum absolute atomic E-state index is 14.0. The zero-order valence-electron chi connectivity index (χ0n) is 21.5. The maximum atomic E-state index is 14.0. The average Bonchev–Trinajstić information content (AvgIpc) is 3.45. The number of nitrogens with zero attached hydrogens (tertiary/aromatic N) is 3. The number of carboxylic acids is 1. The van der Waals surface area contributed by atoms with Crippen molar-refractivity contribution < 1.29 is 29.1 Å². The largest absolute Gasteiger partial charge is 0.481 e. The highest BCUT2D eigenvalue weighted by Gasteiger charge is 2.54. The first-order chi connectivity index (χ1) is 16.2. The summed E-state index contributed by atoms with van der Waals surface area (Å²) < 4.78 is -0.542. The van der Waals surface area contributed by atoms with Gasteiger partial charge in [0.15, 0.2) is 0 Å². The van der Waals surface area contributed by atoms with Crippen molar-refractivity contribution in [1.82, 2.24) is 20.0 Å². The minimum absolute atomic E-state index is 0.191. The fraction of sp³-hybridized carbons (Fsp3) is 0.792. The Labute approximate surface area is 211 Å². The molecular weight excluding hydrogens is 472 g/mol. The van der Waals surface area contributed by atoms with E-state index in [1.54, 1.807) is 13.8 Å². The number of hydrogen-bond donors (Lipinski definition) is 2. The van der Waals surface area contributed by atoms with Crippen molar-refractivity contribution in [3.05, 3.63) is 0 Å². The number of aliphatic carboxylic acids is 1. The van der Waals surface area contributed by atoms with E-state index in [2.05, 4.69) is 5.32 Å². The van der Waals surface area contributed by atoms with Gasteiger partial charge < -0.3 is 20.2 Å². The summed E-state index contributed by atoms with van der Waals surface area (Å²) >= 11 is 1.47. The standard InChI is InChI=1S/C24H38N4O6S/c1-23(2)21(33)27(22(34)26(23)6)12-16(20(31)32)15(11-14-9-7-8-10-14)19(30)28-13-35-24(3,4)17(28)18(29)25-5/h14-17H,7-13H2,1-6H3,(H,25,29)(H,31,32)/t15?,16-,17+/m0/s1. The van der Waals surface area contributed by atoms with E-state index in [0.717, 1.165) is 30.6 Å². The Morgan fingerprint density at radius 2 is 1.71 bits per heavy atom. The van der Waals surface area contributed by atoms with Gasteiger partial charge in [0.25, 0.3) is 5.91 Å². The summed E-state index contributed by atoms with van der Waals surface area (Å²) in [5, 5.41) is 12.9. The average molecular weight is 511 g/mol. The van der Waals surface area contributed by atoms with Gasteiger partial charge in [0.2, 0.25) is 11.8 Å². The van der Waals surface area contributed by atoms with E-state index in [4.69, 9.17) is 0 Å². The smallest absolute Gasteiger partial charge is 0.327 e. The second-order valence-corrected chi connectivity index (χ2v) is 12.6. The van der Waals surface area contributed by atoms with Crippen molar-refractivity contribution >= 4 is 41.5 Å². The van der Waals surface area contributed by atoms with E-state index in [-0.39, 0.29) is 24.2 Å². The number of likely N-dealkylation sites (N-methyl/N-ethyl adjacent to an activating group) is 2. The minimum Gasteiger partial charge on any atom is -0.481 e. The predicted molar refractivity (Wildman–Crippen MR) is 131 cm³/mol. The van der Waals surface area contributed by atoms with Gasteiger partial charge in [-0.1, -0.05) is 25.7 Å².